The first-order valence-corrected chi connectivity index (χ1v) is 6.49. The zero-order valence-electron chi connectivity index (χ0n) is 10.4. The average Bonchev–Trinajstić information content (AvgIpc) is 2.41. The molecule has 2 aromatic rings. The highest BCUT2D eigenvalue weighted by atomic mass is 35.5. The van der Waals surface area contributed by atoms with E-state index in [0.717, 1.165) is 11.4 Å². The number of benzene rings is 1. The largest absolute Gasteiger partial charge is 0.490 e. The zero-order valence-corrected chi connectivity index (χ0v) is 11.9. The van der Waals surface area contributed by atoms with Gasteiger partial charge < -0.3 is 10.1 Å². The Hall–Kier alpha value is -1.52. The van der Waals surface area contributed by atoms with E-state index in [-0.39, 0.29) is 0 Å². The molecule has 1 aromatic heterocycles. The molecule has 0 aliphatic rings. The summed E-state index contributed by atoms with van der Waals surface area (Å²) in [4.78, 5) is 7.96. The maximum absolute atomic E-state index is 5.91. The van der Waals surface area contributed by atoms with E-state index in [1.807, 2.05) is 24.3 Å². The van der Waals surface area contributed by atoms with E-state index in [0.29, 0.717) is 23.3 Å². The molecule has 0 bridgehead atoms. The number of nitrogens with one attached hydrogen (secondary N) is 1. The molecule has 1 heterocycles. The van der Waals surface area contributed by atoms with Crippen LogP contribution in [0.3, 0.4) is 0 Å². The fourth-order valence-electron chi connectivity index (χ4n) is 1.64. The molecule has 6 heteroatoms. The number of anilines is 1. The van der Waals surface area contributed by atoms with E-state index in [2.05, 4.69) is 15.3 Å². The maximum atomic E-state index is 5.91. The third kappa shape index (κ3) is 3.72. The van der Waals surface area contributed by atoms with Gasteiger partial charge >= 0.3 is 0 Å². The quantitative estimate of drug-likeness (QED) is 0.859. The monoisotopic (exact) mass is 297 g/mol. The van der Waals surface area contributed by atoms with Crippen LogP contribution in [-0.4, -0.2) is 23.6 Å². The molecule has 0 saturated carbocycles. The van der Waals surface area contributed by atoms with Gasteiger partial charge in [-0.1, -0.05) is 35.3 Å². The third-order valence-electron chi connectivity index (χ3n) is 2.58. The van der Waals surface area contributed by atoms with Crippen LogP contribution in [0, 0.1) is 0 Å². The van der Waals surface area contributed by atoms with Crippen molar-refractivity contribution < 1.29 is 4.74 Å². The van der Waals surface area contributed by atoms with Gasteiger partial charge in [-0.3, -0.25) is 0 Å². The lowest BCUT2D eigenvalue weighted by atomic mass is 10.1. The van der Waals surface area contributed by atoms with Gasteiger partial charge in [0.15, 0.2) is 16.7 Å². The van der Waals surface area contributed by atoms with E-state index in [1.165, 1.54) is 19.0 Å². The second-order valence-electron chi connectivity index (χ2n) is 3.85. The number of hydrogen-bond donors (Lipinski definition) is 1. The normalized spacial score (nSPS) is 10.3. The molecule has 1 N–H and O–H groups in total. The lowest BCUT2D eigenvalue weighted by Gasteiger charge is -2.10. The SMILES string of the molecule is COc1c(Cl)ncnc1NCCc1ccc(Cl)cc1. The standard InChI is InChI=1S/C13H13Cl2N3O/c1-19-11-12(15)17-8-18-13(11)16-7-6-9-2-4-10(14)5-3-9/h2-5,8H,6-7H2,1H3,(H,16,17,18). The molecule has 0 spiro atoms. The summed E-state index contributed by atoms with van der Waals surface area (Å²) in [6.07, 6.45) is 2.25. The lowest BCUT2D eigenvalue weighted by Crippen LogP contribution is -2.08. The third-order valence-corrected chi connectivity index (χ3v) is 3.11. The van der Waals surface area contributed by atoms with Crippen molar-refractivity contribution in [1.82, 2.24) is 9.97 Å². The Balaban J connectivity index is 1.96. The van der Waals surface area contributed by atoms with Gasteiger partial charge in [-0.2, -0.15) is 0 Å². The Morgan fingerprint density at radius 1 is 1.16 bits per heavy atom. The number of halogens is 2. The summed E-state index contributed by atoms with van der Waals surface area (Å²) in [5, 5.41) is 4.21. The number of ether oxygens (including phenoxy) is 1. The minimum Gasteiger partial charge on any atom is -0.490 e. The highest BCUT2D eigenvalue weighted by Crippen LogP contribution is 2.28. The van der Waals surface area contributed by atoms with Crippen molar-refractivity contribution in [1.29, 1.82) is 0 Å². The van der Waals surface area contributed by atoms with Crippen LogP contribution in [0.1, 0.15) is 5.56 Å². The minimum atomic E-state index is 0.298. The van der Waals surface area contributed by atoms with Gasteiger partial charge in [-0.05, 0) is 24.1 Å². The smallest absolute Gasteiger partial charge is 0.198 e. The van der Waals surface area contributed by atoms with Gasteiger partial charge in [0.05, 0.1) is 7.11 Å². The van der Waals surface area contributed by atoms with Gasteiger partial charge in [0.25, 0.3) is 0 Å². The summed E-state index contributed by atoms with van der Waals surface area (Å²) >= 11 is 11.7. The number of methoxy groups -OCH3 is 1. The fraction of sp³-hybridized carbons (Fsp3) is 0.231. The molecule has 0 saturated heterocycles. The minimum absolute atomic E-state index is 0.298. The van der Waals surface area contributed by atoms with Crippen molar-refractivity contribution in [2.75, 3.05) is 19.0 Å². The Morgan fingerprint density at radius 2 is 1.89 bits per heavy atom. The molecular formula is C13H13Cl2N3O. The molecule has 0 atom stereocenters. The number of rotatable bonds is 5. The van der Waals surface area contributed by atoms with Gasteiger partial charge in [0.1, 0.15) is 6.33 Å². The van der Waals surface area contributed by atoms with Crippen LogP contribution in [0.15, 0.2) is 30.6 Å². The summed E-state index contributed by atoms with van der Waals surface area (Å²) in [5.41, 5.74) is 1.19. The molecule has 4 nitrogen and oxygen atoms in total. The Kier molecular flexibility index (Phi) is 4.82. The fourth-order valence-corrected chi connectivity index (χ4v) is 1.97. The van der Waals surface area contributed by atoms with Crippen molar-refractivity contribution in [3.8, 4) is 5.75 Å². The van der Waals surface area contributed by atoms with E-state index >= 15 is 0 Å². The van der Waals surface area contributed by atoms with E-state index < -0.39 is 0 Å². The van der Waals surface area contributed by atoms with E-state index in [1.54, 1.807) is 0 Å². The van der Waals surface area contributed by atoms with Crippen LogP contribution in [0.4, 0.5) is 5.82 Å². The van der Waals surface area contributed by atoms with Crippen LogP contribution in [0.2, 0.25) is 10.2 Å². The van der Waals surface area contributed by atoms with Gasteiger partial charge in [-0.15, -0.1) is 0 Å². The Labute approximate surface area is 121 Å². The summed E-state index contributed by atoms with van der Waals surface area (Å²) in [5.74, 6) is 1.05. The van der Waals surface area contributed by atoms with Crippen molar-refractivity contribution in [3.63, 3.8) is 0 Å². The summed E-state index contributed by atoms with van der Waals surface area (Å²) in [7, 11) is 1.54. The predicted octanol–water partition coefficient (Wildman–Crippen LogP) is 3.45. The second kappa shape index (κ2) is 6.59. The molecule has 0 radical (unpaired) electrons. The van der Waals surface area contributed by atoms with Gasteiger partial charge in [0, 0.05) is 11.6 Å². The molecule has 2 rings (SSSR count). The van der Waals surface area contributed by atoms with Gasteiger partial charge in [0.2, 0.25) is 0 Å². The van der Waals surface area contributed by atoms with Crippen molar-refractivity contribution in [2.24, 2.45) is 0 Å². The second-order valence-corrected chi connectivity index (χ2v) is 4.64. The van der Waals surface area contributed by atoms with Crippen molar-refractivity contribution in [2.45, 2.75) is 6.42 Å². The first-order valence-electron chi connectivity index (χ1n) is 5.73. The predicted molar refractivity (Wildman–Crippen MR) is 77.2 cm³/mol. The molecule has 0 fully saturated rings. The Morgan fingerprint density at radius 3 is 2.58 bits per heavy atom. The lowest BCUT2D eigenvalue weighted by molar-refractivity contribution is 0.413. The average molecular weight is 298 g/mol. The van der Waals surface area contributed by atoms with Crippen LogP contribution >= 0.6 is 23.2 Å². The summed E-state index contributed by atoms with van der Waals surface area (Å²) in [6, 6.07) is 7.74. The highest BCUT2D eigenvalue weighted by Gasteiger charge is 2.09. The van der Waals surface area contributed by atoms with Crippen LogP contribution in [-0.2, 0) is 6.42 Å². The number of aromatic nitrogens is 2. The van der Waals surface area contributed by atoms with E-state index in [4.69, 9.17) is 27.9 Å². The molecule has 0 unspecified atom stereocenters. The molecule has 100 valence electrons. The number of hydrogen-bond acceptors (Lipinski definition) is 4. The molecule has 0 amide bonds. The molecule has 19 heavy (non-hydrogen) atoms. The van der Waals surface area contributed by atoms with Crippen LogP contribution in [0.5, 0.6) is 5.75 Å². The molecular weight excluding hydrogens is 285 g/mol. The van der Waals surface area contributed by atoms with Crippen molar-refractivity contribution >= 4 is 29.0 Å². The van der Waals surface area contributed by atoms with Crippen molar-refractivity contribution in [3.05, 3.63) is 46.3 Å². The first-order chi connectivity index (χ1) is 9.20. The molecule has 0 aliphatic heterocycles. The topological polar surface area (TPSA) is 47.0 Å². The zero-order chi connectivity index (χ0) is 13.7. The summed E-state index contributed by atoms with van der Waals surface area (Å²) in [6.45, 7) is 0.714. The van der Waals surface area contributed by atoms with Crippen LogP contribution in [0.25, 0.3) is 0 Å². The summed E-state index contributed by atoms with van der Waals surface area (Å²) < 4.78 is 5.16. The maximum Gasteiger partial charge on any atom is 0.198 e. The number of nitrogens with zero attached hydrogens (tertiary/aromatic N) is 2. The molecule has 1 aromatic carbocycles. The molecule has 0 aliphatic carbocycles. The van der Waals surface area contributed by atoms with Gasteiger partial charge in [-0.25, -0.2) is 9.97 Å². The Bertz CT molecular complexity index is 546. The highest BCUT2D eigenvalue weighted by molar-refractivity contribution is 6.31. The first kappa shape index (κ1) is 13.9. The van der Waals surface area contributed by atoms with Crippen LogP contribution < -0.4 is 10.1 Å². The van der Waals surface area contributed by atoms with E-state index in [9.17, 15) is 0 Å².